The molecule has 1 heterocycles. The molecule has 1 atom stereocenters. The molecule has 1 aliphatic heterocycles. The maximum atomic E-state index is 11.2. The van der Waals surface area contributed by atoms with Crippen molar-refractivity contribution in [2.24, 2.45) is 0 Å². The zero-order valence-corrected chi connectivity index (χ0v) is 19.5. The molecule has 0 N–H and O–H groups in total. The Morgan fingerprint density at radius 3 is 2.31 bits per heavy atom. The van der Waals surface area contributed by atoms with Gasteiger partial charge in [-0.15, -0.1) is 0 Å². The fourth-order valence-electron chi connectivity index (χ4n) is 4.23. The molecule has 0 spiro atoms. The van der Waals surface area contributed by atoms with Crippen LogP contribution in [0.2, 0.25) is 0 Å². The van der Waals surface area contributed by atoms with Crippen molar-refractivity contribution >= 4 is 5.97 Å². The molecule has 0 bridgehead atoms. The van der Waals surface area contributed by atoms with E-state index in [1.807, 2.05) is 25.1 Å². The van der Waals surface area contributed by atoms with Crippen LogP contribution in [-0.4, -0.2) is 50.3 Å². The minimum absolute atomic E-state index is 0.0678. The van der Waals surface area contributed by atoms with E-state index in [4.69, 9.17) is 14.2 Å². The van der Waals surface area contributed by atoms with E-state index in [0.717, 1.165) is 63.1 Å². The van der Waals surface area contributed by atoms with Crippen LogP contribution in [0.3, 0.4) is 0 Å². The van der Waals surface area contributed by atoms with Crippen LogP contribution in [-0.2, 0) is 14.3 Å². The molecule has 1 saturated heterocycles. The van der Waals surface area contributed by atoms with E-state index >= 15 is 0 Å². The number of likely N-dealkylation sites (tertiary alicyclic amines) is 1. The fourth-order valence-corrected chi connectivity index (χ4v) is 4.23. The van der Waals surface area contributed by atoms with Crippen LogP contribution in [0.5, 0.6) is 5.75 Å². The number of rotatable bonds is 12. The van der Waals surface area contributed by atoms with Crippen molar-refractivity contribution in [1.29, 1.82) is 0 Å². The van der Waals surface area contributed by atoms with Gasteiger partial charge in [-0.05, 0) is 62.4 Å². The molecular weight excluding hydrogens is 402 g/mol. The number of hydrogen-bond acceptors (Lipinski definition) is 5. The zero-order valence-electron chi connectivity index (χ0n) is 19.5. The first-order valence-electron chi connectivity index (χ1n) is 11.9. The molecule has 5 heteroatoms. The maximum Gasteiger partial charge on any atom is 0.305 e. The minimum atomic E-state index is -0.108. The molecule has 1 fully saturated rings. The molecule has 5 nitrogen and oxygen atoms in total. The Labute approximate surface area is 192 Å². The van der Waals surface area contributed by atoms with E-state index in [1.54, 1.807) is 0 Å². The summed E-state index contributed by atoms with van der Waals surface area (Å²) in [4.78, 5) is 13.7. The van der Waals surface area contributed by atoms with E-state index in [1.165, 1.54) is 12.7 Å². The average molecular weight is 440 g/mol. The second-order valence-electron chi connectivity index (χ2n) is 8.36. The van der Waals surface area contributed by atoms with Gasteiger partial charge in [-0.3, -0.25) is 4.79 Å². The largest absolute Gasteiger partial charge is 0.494 e. The molecule has 0 saturated carbocycles. The molecular formula is C27H37NO4. The molecule has 1 unspecified atom stereocenters. The summed E-state index contributed by atoms with van der Waals surface area (Å²) in [6.45, 7) is 5.88. The van der Waals surface area contributed by atoms with Crippen LogP contribution in [0.1, 0.15) is 62.7 Å². The summed E-state index contributed by atoms with van der Waals surface area (Å²) >= 11 is 0. The van der Waals surface area contributed by atoms with E-state index in [2.05, 4.69) is 41.3 Å². The Balaban J connectivity index is 1.50. The summed E-state index contributed by atoms with van der Waals surface area (Å²) in [5, 5.41) is 0. The number of ether oxygens (including phenoxy) is 3. The molecule has 0 aromatic heterocycles. The van der Waals surface area contributed by atoms with Crippen LogP contribution in [0.25, 0.3) is 0 Å². The fraction of sp³-hybridized carbons (Fsp3) is 0.519. The summed E-state index contributed by atoms with van der Waals surface area (Å²) < 4.78 is 17.0. The number of benzene rings is 2. The smallest absolute Gasteiger partial charge is 0.305 e. The molecule has 2 aromatic rings. The van der Waals surface area contributed by atoms with Gasteiger partial charge in [-0.25, -0.2) is 0 Å². The van der Waals surface area contributed by atoms with Crippen LogP contribution >= 0.6 is 0 Å². The SMILES string of the molecule is CCOc1ccc(C(OC2CCN(CCCCCC(=O)OC)CC2)c2ccccc2)cc1. The van der Waals surface area contributed by atoms with E-state index < -0.39 is 0 Å². The van der Waals surface area contributed by atoms with Crippen molar-refractivity contribution in [1.82, 2.24) is 4.90 Å². The predicted octanol–water partition coefficient (Wildman–Crippen LogP) is 5.39. The quantitative estimate of drug-likeness (QED) is 0.328. The first-order valence-corrected chi connectivity index (χ1v) is 11.9. The summed E-state index contributed by atoms with van der Waals surface area (Å²) in [7, 11) is 1.45. The van der Waals surface area contributed by atoms with Gasteiger partial charge < -0.3 is 19.1 Å². The highest BCUT2D eigenvalue weighted by atomic mass is 16.5. The molecule has 0 aliphatic carbocycles. The summed E-state index contributed by atoms with van der Waals surface area (Å²) in [6.07, 6.45) is 5.90. The first-order chi connectivity index (χ1) is 15.7. The van der Waals surface area contributed by atoms with Gasteiger partial charge in [0.1, 0.15) is 11.9 Å². The molecule has 1 aliphatic rings. The Morgan fingerprint density at radius 2 is 1.66 bits per heavy atom. The Hall–Kier alpha value is -2.37. The van der Waals surface area contributed by atoms with Gasteiger partial charge in [-0.1, -0.05) is 48.9 Å². The lowest BCUT2D eigenvalue weighted by molar-refractivity contribution is -0.140. The normalized spacial score (nSPS) is 15.9. The van der Waals surface area contributed by atoms with Crippen molar-refractivity contribution in [3.8, 4) is 5.75 Å². The summed E-state index contributed by atoms with van der Waals surface area (Å²) in [5.74, 6) is 0.784. The molecule has 0 radical (unpaired) electrons. The van der Waals surface area contributed by atoms with Gasteiger partial charge in [0.15, 0.2) is 0 Å². The lowest BCUT2D eigenvalue weighted by Gasteiger charge is -2.34. The molecule has 3 rings (SSSR count). The van der Waals surface area contributed by atoms with Gasteiger partial charge in [0.25, 0.3) is 0 Å². The van der Waals surface area contributed by atoms with Gasteiger partial charge in [0.05, 0.1) is 19.8 Å². The van der Waals surface area contributed by atoms with E-state index in [0.29, 0.717) is 13.0 Å². The second kappa shape index (κ2) is 13.2. The third-order valence-corrected chi connectivity index (χ3v) is 6.04. The lowest BCUT2D eigenvalue weighted by atomic mass is 10.00. The number of methoxy groups -OCH3 is 1. The summed E-state index contributed by atoms with van der Waals surface area (Å²) in [5.41, 5.74) is 2.34. The maximum absolute atomic E-state index is 11.2. The number of esters is 1. The molecule has 174 valence electrons. The lowest BCUT2D eigenvalue weighted by Crippen LogP contribution is -2.38. The number of piperidine rings is 1. The Kier molecular flexibility index (Phi) is 10.0. The Morgan fingerprint density at radius 1 is 0.969 bits per heavy atom. The van der Waals surface area contributed by atoms with E-state index in [-0.39, 0.29) is 18.2 Å². The Bertz CT molecular complexity index is 785. The second-order valence-corrected chi connectivity index (χ2v) is 8.36. The molecule has 0 amide bonds. The highest BCUT2D eigenvalue weighted by molar-refractivity contribution is 5.68. The topological polar surface area (TPSA) is 48.0 Å². The first kappa shape index (κ1) is 24.3. The average Bonchev–Trinajstić information content (AvgIpc) is 2.84. The number of hydrogen-bond donors (Lipinski definition) is 0. The monoisotopic (exact) mass is 439 g/mol. The van der Waals surface area contributed by atoms with Crippen molar-refractivity contribution in [2.75, 3.05) is 33.4 Å². The highest BCUT2D eigenvalue weighted by Crippen LogP contribution is 2.31. The standard InChI is InChI=1S/C27H37NO4/c1-3-31-24-15-13-23(14-16-24)27(22-10-6-4-7-11-22)32-25-17-20-28(21-18-25)19-9-5-8-12-26(29)30-2/h4,6-7,10-11,13-16,25,27H,3,5,8-9,12,17-21H2,1-2H3. The van der Waals surface area contributed by atoms with E-state index in [9.17, 15) is 4.79 Å². The molecule has 2 aromatic carbocycles. The van der Waals surface area contributed by atoms with Crippen LogP contribution < -0.4 is 4.74 Å². The predicted molar refractivity (Wildman–Crippen MR) is 127 cm³/mol. The van der Waals surface area contributed by atoms with Crippen molar-refractivity contribution < 1.29 is 19.0 Å². The van der Waals surface area contributed by atoms with Crippen molar-refractivity contribution in [3.05, 3.63) is 65.7 Å². The van der Waals surface area contributed by atoms with Gasteiger partial charge in [-0.2, -0.15) is 0 Å². The minimum Gasteiger partial charge on any atom is -0.494 e. The summed E-state index contributed by atoms with van der Waals surface area (Å²) in [6, 6.07) is 18.8. The van der Waals surface area contributed by atoms with Crippen LogP contribution in [0.4, 0.5) is 0 Å². The number of carbonyl (C=O) groups is 1. The van der Waals surface area contributed by atoms with Crippen LogP contribution in [0.15, 0.2) is 54.6 Å². The third-order valence-electron chi connectivity index (χ3n) is 6.04. The molecule has 32 heavy (non-hydrogen) atoms. The van der Waals surface area contributed by atoms with Gasteiger partial charge in [0.2, 0.25) is 0 Å². The third kappa shape index (κ3) is 7.64. The van der Waals surface area contributed by atoms with Crippen LogP contribution in [0, 0.1) is 0 Å². The zero-order chi connectivity index (χ0) is 22.6. The van der Waals surface area contributed by atoms with Gasteiger partial charge in [0, 0.05) is 19.5 Å². The number of nitrogens with zero attached hydrogens (tertiary/aromatic N) is 1. The van der Waals surface area contributed by atoms with Crippen molar-refractivity contribution in [2.45, 2.75) is 57.7 Å². The number of unbranched alkanes of at least 4 members (excludes halogenated alkanes) is 2. The number of carbonyl (C=O) groups excluding carboxylic acids is 1. The van der Waals surface area contributed by atoms with Gasteiger partial charge >= 0.3 is 5.97 Å². The highest BCUT2D eigenvalue weighted by Gasteiger charge is 2.24. The van der Waals surface area contributed by atoms with Crippen molar-refractivity contribution in [3.63, 3.8) is 0 Å².